The monoisotopic (exact) mass is 621 g/mol. The van der Waals surface area contributed by atoms with Crippen molar-refractivity contribution in [1.29, 1.82) is 0 Å². The Morgan fingerprint density at radius 3 is 2.57 bits per heavy atom. The van der Waals surface area contributed by atoms with Crippen LogP contribution in [0.5, 0.6) is 0 Å². The van der Waals surface area contributed by atoms with Gasteiger partial charge >= 0.3 is 5.69 Å². The number of amidine groups is 1. The topological polar surface area (TPSA) is 127 Å². The molecule has 8 nitrogen and oxygen atoms in total. The number of hydrogen-bond acceptors (Lipinski definition) is 5. The summed E-state index contributed by atoms with van der Waals surface area (Å²) in [4.78, 5) is 24.6. The Labute approximate surface area is 264 Å². The summed E-state index contributed by atoms with van der Waals surface area (Å²) < 4.78 is 16.6. The molecule has 0 spiro atoms. The third-order valence-corrected chi connectivity index (χ3v) is 7.52. The normalized spacial score (nSPS) is 13.0. The van der Waals surface area contributed by atoms with Crippen LogP contribution in [0.25, 0.3) is 28.0 Å². The van der Waals surface area contributed by atoms with Crippen molar-refractivity contribution < 1.29 is 4.39 Å². The second kappa shape index (κ2) is 16.9. The molecule has 0 fully saturated rings. The highest BCUT2D eigenvalue weighted by molar-refractivity contribution is 6.31. The van der Waals surface area contributed by atoms with E-state index in [-0.39, 0.29) is 17.1 Å². The molecule has 0 amide bonds. The Morgan fingerprint density at radius 1 is 1.18 bits per heavy atom. The smallest absolute Gasteiger partial charge is 0.354 e. The van der Waals surface area contributed by atoms with E-state index in [0.29, 0.717) is 40.4 Å². The lowest BCUT2D eigenvalue weighted by atomic mass is 10.0. The van der Waals surface area contributed by atoms with Gasteiger partial charge in [0.1, 0.15) is 5.65 Å². The van der Waals surface area contributed by atoms with Crippen molar-refractivity contribution >= 4 is 28.5 Å². The first-order valence-corrected chi connectivity index (χ1v) is 15.5. The number of aromatic nitrogens is 3. The van der Waals surface area contributed by atoms with Crippen molar-refractivity contribution in [3.63, 3.8) is 0 Å². The second-order valence-corrected chi connectivity index (χ2v) is 11.4. The maximum atomic E-state index is 15.1. The molecule has 2 atom stereocenters. The molecule has 0 aliphatic heterocycles. The van der Waals surface area contributed by atoms with Crippen LogP contribution in [0, 0.1) is 5.82 Å². The molecule has 0 aliphatic rings. The minimum Gasteiger partial charge on any atom is -0.388 e. The molecule has 0 saturated carbocycles. The number of halogens is 2. The number of nitrogens with zero attached hydrogens (tertiary/aromatic N) is 3. The van der Waals surface area contributed by atoms with Crippen LogP contribution >= 0.6 is 11.6 Å². The van der Waals surface area contributed by atoms with Crippen molar-refractivity contribution in [2.75, 3.05) is 13.1 Å². The fourth-order valence-corrected chi connectivity index (χ4v) is 5.33. The molecule has 2 unspecified atom stereocenters. The number of hydrogen-bond donors (Lipinski definition) is 4. The quantitative estimate of drug-likeness (QED) is 0.0530. The highest BCUT2D eigenvalue weighted by Gasteiger charge is 2.16. The fourth-order valence-electron chi connectivity index (χ4n) is 5.09. The van der Waals surface area contributed by atoms with E-state index in [4.69, 9.17) is 23.1 Å². The van der Waals surface area contributed by atoms with Crippen LogP contribution in [0.15, 0.2) is 71.6 Å². The van der Waals surface area contributed by atoms with Crippen LogP contribution in [-0.4, -0.2) is 39.5 Å². The molecule has 0 radical (unpaired) electrons. The lowest BCUT2D eigenvalue weighted by Crippen LogP contribution is -2.23. The summed E-state index contributed by atoms with van der Waals surface area (Å²) in [7, 11) is 0. The maximum absolute atomic E-state index is 15.1. The van der Waals surface area contributed by atoms with Gasteiger partial charge in [0.15, 0.2) is 5.82 Å². The van der Waals surface area contributed by atoms with Gasteiger partial charge in [-0.2, -0.15) is 4.98 Å². The van der Waals surface area contributed by atoms with Crippen molar-refractivity contribution in [3.05, 3.63) is 94.3 Å². The lowest BCUT2D eigenvalue weighted by Gasteiger charge is -2.19. The number of aryl methyl sites for hydroxylation is 1. The third-order valence-electron chi connectivity index (χ3n) is 7.25. The molecule has 0 bridgehead atoms. The van der Waals surface area contributed by atoms with E-state index in [2.05, 4.69) is 40.4 Å². The Morgan fingerprint density at radius 2 is 1.91 bits per heavy atom. The minimum absolute atomic E-state index is 0.0598. The second-order valence-electron chi connectivity index (χ2n) is 11.0. The summed E-state index contributed by atoms with van der Waals surface area (Å²) in [5.74, 6) is 0.0893. The van der Waals surface area contributed by atoms with Crippen molar-refractivity contribution in [2.24, 2.45) is 16.5 Å². The molecular formula is C34H45ClFN7O. The first-order chi connectivity index (χ1) is 21.2. The summed E-state index contributed by atoms with van der Waals surface area (Å²) in [6.07, 6.45) is 7.15. The van der Waals surface area contributed by atoms with E-state index in [1.807, 2.05) is 31.2 Å². The van der Waals surface area contributed by atoms with Crippen molar-refractivity contribution in [2.45, 2.75) is 71.4 Å². The van der Waals surface area contributed by atoms with Crippen molar-refractivity contribution in [3.8, 4) is 16.9 Å². The number of aliphatic imine (C=N–C) groups is 1. The van der Waals surface area contributed by atoms with Crippen LogP contribution in [0.4, 0.5) is 4.39 Å². The van der Waals surface area contributed by atoms with E-state index < -0.39 is 11.5 Å². The third kappa shape index (κ3) is 9.35. The Hall–Kier alpha value is -3.79. The van der Waals surface area contributed by atoms with Gasteiger partial charge in [-0.1, -0.05) is 37.1 Å². The molecule has 6 N–H and O–H groups in total. The fraction of sp³-hybridized carbons (Fsp3) is 0.382. The molecule has 4 aromatic rings. The molecule has 0 aliphatic carbocycles. The molecule has 236 valence electrons. The number of rotatable bonds is 14. The summed E-state index contributed by atoms with van der Waals surface area (Å²) in [6.45, 7) is 13.5. The Bertz CT molecular complexity index is 1590. The molecule has 44 heavy (non-hydrogen) atoms. The number of aromatic amines is 1. The minimum atomic E-state index is -0.512. The molecule has 2 heterocycles. The van der Waals surface area contributed by atoms with E-state index >= 15 is 4.39 Å². The summed E-state index contributed by atoms with van der Waals surface area (Å²) in [5, 5.41) is 4.36. The molecule has 10 heteroatoms. The van der Waals surface area contributed by atoms with Gasteiger partial charge in [0.25, 0.3) is 0 Å². The summed E-state index contributed by atoms with van der Waals surface area (Å²) in [5.41, 5.74) is 15.1. The lowest BCUT2D eigenvalue weighted by molar-refractivity contribution is 0.490. The number of nitrogens with two attached hydrogens (primary N) is 2. The first-order valence-electron chi connectivity index (χ1n) is 15.1. The van der Waals surface area contributed by atoms with Gasteiger partial charge in [-0.15, -0.1) is 13.2 Å². The Kier molecular flexibility index (Phi) is 13.3. The summed E-state index contributed by atoms with van der Waals surface area (Å²) in [6, 6.07) is 13.5. The van der Waals surface area contributed by atoms with Crippen LogP contribution in [0.2, 0.25) is 5.02 Å². The van der Waals surface area contributed by atoms with E-state index in [9.17, 15) is 4.79 Å². The molecule has 0 saturated heterocycles. The first kappa shape index (κ1) is 34.7. The maximum Gasteiger partial charge on any atom is 0.354 e. The van der Waals surface area contributed by atoms with Gasteiger partial charge in [0.05, 0.1) is 22.2 Å². The van der Waals surface area contributed by atoms with Crippen LogP contribution in [-0.2, 0) is 6.42 Å². The molecule has 4 rings (SSSR count). The number of H-pyrrole nitrogens is 1. The number of fused-ring (bicyclic) bond motifs is 1. The van der Waals surface area contributed by atoms with E-state index in [1.165, 1.54) is 4.57 Å². The molecule has 2 aromatic heterocycles. The highest BCUT2D eigenvalue weighted by atomic mass is 35.5. The average molecular weight is 622 g/mol. The zero-order valence-corrected chi connectivity index (χ0v) is 26.8. The van der Waals surface area contributed by atoms with Crippen LogP contribution in [0.3, 0.4) is 0 Å². The number of nitrogens with one attached hydrogen (secondary N) is 2. The van der Waals surface area contributed by atoms with Gasteiger partial charge < -0.3 is 21.8 Å². The zero-order chi connectivity index (χ0) is 32.2. The van der Waals surface area contributed by atoms with E-state index in [0.717, 1.165) is 56.2 Å². The molecule has 2 aromatic carbocycles. The van der Waals surface area contributed by atoms with Crippen LogP contribution in [0.1, 0.15) is 70.0 Å². The van der Waals surface area contributed by atoms with Gasteiger partial charge in [0, 0.05) is 35.8 Å². The van der Waals surface area contributed by atoms with Crippen molar-refractivity contribution in [1.82, 2.24) is 19.9 Å². The standard InChI is InChI=1S/C32H41ClFN7O.C2H4/c1-4-7-28(38-15-6-14-37-21(3)36)23-10-12-25(13-11-23)41-19-24-18-29(39-31(24)40-32(41)42)26-16-22(9-5-8-20(2)35)17-27(33)30(26)34;1-2/h10-13,16-20,28,38H,4-9,14-15,35H2,1-3H3,(H2,36,37)(H,39,40,42);1-2H2. The SMILES string of the molecule is C=C.CCCC(NCCCN=C(C)N)c1ccc(-n2cc3cc(-c4cc(CCCC(C)N)cc(Cl)c4F)[nH]c3nc2=O)cc1. The number of benzene rings is 2. The zero-order valence-electron chi connectivity index (χ0n) is 26.0. The largest absolute Gasteiger partial charge is 0.388 e. The van der Waals surface area contributed by atoms with E-state index in [1.54, 1.807) is 31.3 Å². The van der Waals surface area contributed by atoms with Gasteiger partial charge in [0.2, 0.25) is 0 Å². The Balaban J connectivity index is 0.00000259. The average Bonchev–Trinajstić information content (AvgIpc) is 3.41. The predicted octanol–water partition coefficient (Wildman–Crippen LogP) is 6.84. The van der Waals surface area contributed by atoms with Gasteiger partial charge in [-0.25, -0.2) is 9.18 Å². The van der Waals surface area contributed by atoms with Crippen LogP contribution < -0.4 is 22.5 Å². The van der Waals surface area contributed by atoms with Gasteiger partial charge in [-0.05, 0) is 94.0 Å². The summed E-state index contributed by atoms with van der Waals surface area (Å²) >= 11 is 6.25. The van der Waals surface area contributed by atoms with Gasteiger partial charge in [-0.3, -0.25) is 9.56 Å². The molecular weight excluding hydrogens is 577 g/mol. The predicted molar refractivity (Wildman–Crippen MR) is 182 cm³/mol. The highest BCUT2D eigenvalue weighted by Crippen LogP contribution is 2.31.